The summed E-state index contributed by atoms with van der Waals surface area (Å²) in [4.78, 5) is 10.3. The molecule has 1 atom stereocenters. The first-order valence-corrected chi connectivity index (χ1v) is 3.82. The SMILES string of the molecule is NC(Cc1cccc([O-])c1)C(=O)[O-].[Na+].[Na+]. The molecule has 4 nitrogen and oxygen atoms in total. The Morgan fingerprint density at radius 3 is 2.47 bits per heavy atom. The zero-order valence-corrected chi connectivity index (χ0v) is 12.9. The van der Waals surface area contributed by atoms with Crippen molar-refractivity contribution in [2.24, 2.45) is 5.73 Å². The van der Waals surface area contributed by atoms with E-state index in [4.69, 9.17) is 5.73 Å². The number of rotatable bonds is 3. The number of nitrogens with two attached hydrogens (primary N) is 1. The number of carbonyl (C=O) groups is 1. The summed E-state index contributed by atoms with van der Waals surface area (Å²) in [6.07, 6.45) is 0.123. The molecule has 1 rings (SSSR count). The van der Waals surface area contributed by atoms with Crippen LogP contribution in [-0.4, -0.2) is 12.0 Å². The largest absolute Gasteiger partial charge is 1.00 e. The third-order valence-corrected chi connectivity index (χ3v) is 1.66. The molecule has 0 spiro atoms. The Labute approximate surface area is 132 Å². The maximum absolute atomic E-state index is 10.8. The van der Waals surface area contributed by atoms with Crippen molar-refractivity contribution in [1.82, 2.24) is 0 Å². The molecule has 0 bridgehead atoms. The number of benzene rings is 1. The second kappa shape index (κ2) is 8.58. The van der Waals surface area contributed by atoms with E-state index in [1.165, 1.54) is 12.1 Å². The molecule has 0 aliphatic carbocycles. The summed E-state index contributed by atoms with van der Waals surface area (Å²) in [6.45, 7) is 0. The van der Waals surface area contributed by atoms with Crippen LogP contribution in [0.25, 0.3) is 0 Å². The Bertz CT molecular complexity index is 320. The molecule has 0 radical (unpaired) electrons. The summed E-state index contributed by atoms with van der Waals surface area (Å²) in [5.74, 6) is -1.46. The van der Waals surface area contributed by atoms with Crippen molar-refractivity contribution in [1.29, 1.82) is 0 Å². The average Bonchev–Trinajstić information content (AvgIpc) is 2.04. The predicted molar refractivity (Wildman–Crippen MR) is 42.6 cm³/mol. The quantitative estimate of drug-likeness (QED) is 0.517. The Balaban J connectivity index is 0. The summed E-state index contributed by atoms with van der Waals surface area (Å²) < 4.78 is 0. The van der Waals surface area contributed by atoms with Gasteiger partial charge in [-0.3, -0.25) is 0 Å². The Kier molecular flexibility index (Phi) is 10.2. The van der Waals surface area contributed by atoms with Gasteiger partial charge in [0.15, 0.2) is 0 Å². The first kappa shape index (κ1) is 17.8. The fourth-order valence-electron chi connectivity index (χ4n) is 1.01. The molecule has 0 amide bonds. The van der Waals surface area contributed by atoms with Gasteiger partial charge in [-0.15, -0.1) is 5.75 Å². The topological polar surface area (TPSA) is 89.2 Å². The van der Waals surface area contributed by atoms with Gasteiger partial charge in [-0.2, -0.15) is 0 Å². The van der Waals surface area contributed by atoms with Crippen molar-refractivity contribution in [2.75, 3.05) is 0 Å². The molecule has 0 fully saturated rings. The van der Waals surface area contributed by atoms with E-state index in [0.717, 1.165) is 0 Å². The Morgan fingerprint density at radius 1 is 1.40 bits per heavy atom. The second-order valence-electron chi connectivity index (χ2n) is 2.78. The number of carboxylic acid groups (broad SMARTS) is 1. The number of aliphatic carboxylic acids is 1. The van der Waals surface area contributed by atoms with Gasteiger partial charge in [0.1, 0.15) is 0 Å². The number of hydrogen-bond acceptors (Lipinski definition) is 4. The molecule has 1 aromatic rings. The van der Waals surface area contributed by atoms with E-state index >= 15 is 0 Å². The van der Waals surface area contributed by atoms with Gasteiger partial charge in [-0.25, -0.2) is 0 Å². The fraction of sp³-hybridized carbons (Fsp3) is 0.222. The second-order valence-corrected chi connectivity index (χ2v) is 2.78. The molecule has 0 saturated heterocycles. The maximum Gasteiger partial charge on any atom is 1.00 e. The number of carboxylic acids is 1. The predicted octanol–water partition coefficient (Wildman–Crippen LogP) is -7.61. The van der Waals surface area contributed by atoms with Gasteiger partial charge < -0.3 is 20.7 Å². The maximum atomic E-state index is 10.8. The van der Waals surface area contributed by atoms with Gasteiger partial charge in [-0.1, -0.05) is 24.3 Å². The monoisotopic (exact) mass is 225 g/mol. The third-order valence-electron chi connectivity index (χ3n) is 1.66. The minimum atomic E-state index is -1.31. The van der Waals surface area contributed by atoms with Crippen molar-refractivity contribution in [3.05, 3.63) is 29.8 Å². The molecule has 1 unspecified atom stereocenters. The van der Waals surface area contributed by atoms with Gasteiger partial charge in [0.05, 0.1) is 5.97 Å². The van der Waals surface area contributed by atoms with Crippen molar-refractivity contribution in [3.63, 3.8) is 0 Å². The van der Waals surface area contributed by atoms with Crippen LogP contribution in [0.15, 0.2) is 24.3 Å². The van der Waals surface area contributed by atoms with Crippen LogP contribution in [0.1, 0.15) is 5.56 Å². The summed E-state index contributed by atoms with van der Waals surface area (Å²) in [6, 6.07) is 4.93. The first-order valence-electron chi connectivity index (χ1n) is 3.82. The molecule has 0 aliphatic rings. The van der Waals surface area contributed by atoms with Crippen LogP contribution in [0.2, 0.25) is 0 Å². The van der Waals surface area contributed by atoms with Gasteiger partial charge >= 0.3 is 59.1 Å². The number of hydrogen-bond donors (Lipinski definition) is 1. The van der Waals surface area contributed by atoms with Crippen LogP contribution >= 0.6 is 0 Å². The molecule has 0 saturated carbocycles. The number of carbonyl (C=O) groups excluding carboxylic acids is 1. The van der Waals surface area contributed by atoms with E-state index in [1.807, 2.05) is 0 Å². The van der Waals surface area contributed by atoms with E-state index in [0.29, 0.717) is 5.56 Å². The molecule has 70 valence electrons. The summed E-state index contributed by atoms with van der Waals surface area (Å²) in [5, 5.41) is 21.1. The molecule has 1 aromatic carbocycles. The molecule has 0 aliphatic heterocycles. The average molecular weight is 225 g/mol. The molecular weight excluding hydrogens is 216 g/mol. The standard InChI is InChI=1S/C9H11NO3.2Na/c10-8(9(12)13)5-6-2-1-3-7(11)4-6;;/h1-4,8,11H,5,10H2,(H,12,13);;/q;2*+1/p-2. The van der Waals surface area contributed by atoms with Crippen LogP contribution < -0.4 is 75.1 Å². The van der Waals surface area contributed by atoms with Crippen LogP contribution in [-0.2, 0) is 11.2 Å². The van der Waals surface area contributed by atoms with Crippen molar-refractivity contribution in [3.8, 4) is 5.75 Å². The minimum absolute atomic E-state index is 0. The van der Waals surface area contributed by atoms with Crippen molar-refractivity contribution < 1.29 is 74.1 Å². The van der Waals surface area contributed by atoms with E-state index in [-0.39, 0.29) is 71.3 Å². The summed E-state index contributed by atoms with van der Waals surface area (Å²) in [5.41, 5.74) is 5.85. The normalized spacial score (nSPS) is 10.7. The summed E-state index contributed by atoms with van der Waals surface area (Å²) >= 11 is 0. The van der Waals surface area contributed by atoms with E-state index < -0.39 is 12.0 Å². The van der Waals surface area contributed by atoms with Crippen LogP contribution in [0.5, 0.6) is 5.75 Å². The zero-order chi connectivity index (χ0) is 9.84. The van der Waals surface area contributed by atoms with E-state index in [9.17, 15) is 15.0 Å². The van der Waals surface area contributed by atoms with Crippen LogP contribution in [0.4, 0.5) is 0 Å². The zero-order valence-electron chi connectivity index (χ0n) is 8.90. The fourth-order valence-corrected chi connectivity index (χ4v) is 1.01. The smallest absolute Gasteiger partial charge is 0.872 e. The molecular formula is C9H9NNa2O3. The molecule has 6 heteroatoms. The van der Waals surface area contributed by atoms with Gasteiger partial charge in [-0.05, 0) is 12.0 Å². The first-order chi connectivity index (χ1) is 6.09. The summed E-state index contributed by atoms with van der Waals surface area (Å²) in [7, 11) is 0. The molecule has 0 aromatic heterocycles. The van der Waals surface area contributed by atoms with E-state index in [1.54, 1.807) is 12.1 Å². The van der Waals surface area contributed by atoms with Crippen molar-refractivity contribution in [2.45, 2.75) is 12.5 Å². The Hall–Kier alpha value is 0.450. The third kappa shape index (κ3) is 6.58. The van der Waals surface area contributed by atoms with Crippen LogP contribution in [0, 0.1) is 0 Å². The molecule has 0 heterocycles. The van der Waals surface area contributed by atoms with Crippen LogP contribution in [0.3, 0.4) is 0 Å². The van der Waals surface area contributed by atoms with Crippen molar-refractivity contribution >= 4 is 5.97 Å². The minimum Gasteiger partial charge on any atom is -0.872 e. The molecule has 2 N–H and O–H groups in total. The van der Waals surface area contributed by atoms with E-state index in [2.05, 4.69) is 0 Å². The molecule has 15 heavy (non-hydrogen) atoms. The van der Waals surface area contributed by atoms with Gasteiger partial charge in [0.2, 0.25) is 0 Å². The van der Waals surface area contributed by atoms with Gasteiger partial charge in [0, 0.05) is 6.04 Å². The van der Waals surface area contributed by atoms with Gasteiger partial charge in [0.25, 0.3) is 0 Å². The Morgan fingerprint density at radius 2 is 2.00 bits per heavy atom.